The molecule has 1 unspecified atom stereocenters. The highest BCUT2D eigenvalue weighted by Gasteiger charge is 2.26. The van der Waals surface area contributed by atoms with Gasteiger partial charge >= 0.3 is 0 Å². The van der Waals surface area contributed by atoms with Gasteiger partial charge in [-0.1, -0.05) is 41.4 Å². The Labute approximate surface area is 206 Å². The number of aryl methyl sites for hydroxylation is 1. The van der Waals surface area contributed by atoms with Crippen molar-refractivity contribution in [1.29, 1.82) is 0 Å². The van der Waals surface area contributed by atoms with E-state index in [-0.39, 0.29) is 42.8 Å². The average molecular weight is 510 g/mol. The number of sulfonamides is 1. The zero-order valence-electron chi connectivity index (χ0n) is 20.2. The summed E-state index contributed by atoms with van der Waals surface area (Å²) in [6, 6.07) is 11.8. The highest BCUT2D eigenvalue weighted by atomic mass is 35.5. The molecular weight excluding hydrogens is 478 g/mol. The highest BCUT2D eigenvalue weighted by molar-refractivity contribution is 7.92. The van der Waals surface area contributed by atoms with E-state index in [4.69, 9.17) is 16.3 Å². The van der Waals surface area contributed by atoms with Gasteiger partial charge in [0.15, 0.2) is 0 Å². The summed E-state index contributed by atoms with van der Waals surface area (Å²) in [5, 5.41) is 2.87. The minimum atomic E-state index is -3.61. The number of ether oxygens (including phenoxy) is 1. The standard InChI is InChI=1S/C24H32ClN3O5S/c1-17-8-6-9-19(14-17)16-27(18(2)24(30)26-3)23(29)10-7-13-28(34(5,31)32)20-11-12-22(33-4)21(25)15-20/h6,8-9,11-12,14-15,18H,7,10,13,16H2,1-5H3,(H,26,30). The molecule has 2 aromatic carbocycles. The van der Waals surface area contributed by atoms with E-state index in [1.165, 1.54) is 29.4 Å². The van der Waals surface area contributed by atoms with Gasteiger partial charge in [0.2, 0.25) is 21.8 Å². The number of nitrogens with zero attached hydrogens (tertiary/aromatic N) is 2. The van der Waals surface area contributed by atoms with E-state index in [0.717, 1.165) is 17.4 Å². The number of rotatable bonds is 11. The van der Waals surface area contributed by atoms with Gasteiger partial charge < -0.3 is 15.0 Å². The molecule has 0 saturated carbocycles. The first-order valence-corrected chi connectivity index (χ1v) is 13.1. The third kappa shape index (κ3) is 7.36. The third-order valence-corrected chi connectivity index (χ3v) is 6.91. The minimum absolute atomic E-state index is 0.0725. The van der Waals surface area contributed by atoms with Gasteiger partial charge in [-0.15, -0.1) is 0 Å². The van der Waals surface area contributed by atoms with Crippen LogP contribution in [0.3, 0.4) is 0 Å². The van der Waals surface area contributed by atoms with Crippen LogP contribution >= 0.6 is 11.6 Å². The van der Waals surface area contributed by atoms with Crippen molar-refractivity contribution in [3.63, 3.8) is 0 Å². The Bertz CT molecular complexity index is 1120. The maximum absolute atomic E-state index is 13.1. The number of hydrogen-bond donors (Lipinski definition) is 1. The van der Waals surface area contributed by atoms with Crippen molar-refractivity contribution >= 4 is 39.1 Å². The number of methoxy groups -OCH3 is 1. The molecule has 0 bridgehead atoms. The zero-order chi connectivity index (χ0) is 25.5. The number of anilines is 1. The van der Waals surface area contributed by atoms with Crippen LogP contribution in [0.5, 0.6) is 5.75 Å². The second kappa shape index (κ2) is 12.1. The summed E-state index contributed by atoms with van der Waals surface area (Å²) in [5.41, 5.74) is 2.35. The summed E-state index contributed by atoms with van der Waals surface area (Å²) in [4.78, 5) is 26.9. The van der Waals surface area contributed by atoms with E-state index in [9.17, 15) is 18.0 Å². The van der Waals surface area contributed by atoms with Crippen molar-refractivity contribution in [3.8, 4) is 5.75 Å². The molecule has 34 heavy (non-hydrogen) atoms. The number of nitrogens with one attached hydrogen (secondary N) is 1. The fourth-order valence-electron chi connectivity index (χ4n) is 3.61. The largest absolute Gasteiger partial charge is 0.495 e. The van der Waals surface area contributed by atoms with Gasteiger partial charge in [0.25, 0.3) is 0 Å². The predicted molar refractivity (Wildman–Crippen MR) is 135 cm³/mol. The maximum atomic E-state index is 13.1. The van der Waals surface area contributed by atoms with Gasteiger partial charge in [0.05, 0.1) is 24.1 Å². The summed E-state index contributed by atoms with van der Waals surface area (Å²) in [5.74, 6) is -0.0746. The number of carbonyl (C=O) groups is 2. The molecule has 0 heterocycles. The number of carbonyl (C=O) groups excluding carboxylic acids is 2. The van der Waals surface area contributed by atoms with Crippen LogP contribution < -0.4 is 14.4 Å². The molecule has 0 aliphatic rings. The first-order chi connectivity index (χ1) is 16.0. The van der Waals surface area contributed by atoms with Crippen molar-refractivity contribution in [2.75, 3.05) is 31.3 Å². The monoisotopic (exact) mass is 509 g/mol. The molecular formula is C24H32ClN3O5S. The van der Waals surface area contributed by atoms with Crippen molar-refractivity contribution in [3.05, 3.63) is 58.6 Å². The normalized spacial score (nSPS) is 12.1. The molecule has 2 rings (SSSR count). The van der Waals surface area contributed by atoms with Gasteiger partial charge in [-0.05, 0) is 44.0 Å². The molecule has 0 radical (unpaired) electrons. The van der Waals surface area contributed by atoms with Crippen LogP contribution in [-0.4, -0.2) is 58.1 Å². The summed E-state index contributed by atoms with van der Waals surface area (Å²) in [6.45, 7) is 4.00. The predicted octanol–water partition coefficient (Wildman–Crippen LogP) is 3.37. The van der Waals surface area contributed by atoms with E-state index in [2.05, 4.69) is 5.32 Å². The van der Waals surface area contributed by atoms with Crippen LogP contribution in [0.25, 0.3) is 0 Å². The Morgan fingerprint density at radius 2 is 1.88 bits per heavy atom. The highest BCUT2D eigenvalue weighted by Crippen LogP contribution is 2.30. The van der Waals surface area contributed by atoms with E-state index in [1.54, 1.807) is 19.1 Å². The van der Waals surface area contributed by atoms with E-state index in [0.29, 0.717) is 11.4 Å². The Hall–Kier alpha value is -2.78. The molecule has 0 aromatic heterocycles. The number of amides is 2. The molecule has 2 amide bonds. The first-order valence-electron chi connectivity index (χ1n) is 10.9. The molecule has 10 heteroatoms. The number of hydrogen-bond acceptors (Lipinski definition) is 5. The van der Waals surface area contributed by atoms with Crippen LogP contribution in [0, 0.1) is 6.92 Å². The quantitative estimate of drug-likeness (QED) is 0.501. The summed E-state index contributed by atoms with van der Waals surface area (Å²) in [6.07, 6.45) is 1.44. The van der Waals surface area contributed by atoms with Crippen LogP contribution in [0.4, 0.5) is 5.69 Å². The van der Waals surface area contributed by atoms with E-state index < -0.39 is 16.1 Å². The van der Waals surface area contributed by atoms with Crippen molar-refractivity contribution < 1.29 is 22.7 Å². The summed E-state index contributed by atoms with van der Waals surface area (Å²) < 4.78 is 31.2. The van der Waals surface area contributed by atoms with Gasteiger partial charge in [-0.2, -0.15) is 0 Å². The van der Waals surface area contributed by atoms with E-state index in [1.807, 2.05) is 31.2 Å². The number of likely N-dealkylation sites (N-methyl/N-ethyl adjacent to an activating group) is 1. The topological polar surface area (TPSA) is 96.0 Å². The molecule has 1 atom stereocenters. The zero-order valence-corrected chi connectivity index (χ0v) is 21.7. The Morgan fingerprint density at radius 1 is 1.18 bits per heavy atom. The lowest BCUT2D eigenvalue weighted by atomic mass is 10.1. The fourth-order valence-corrected chi connectivity index (χ4v) is 4.82. The van der Waals surface area contributed by atoms with Crippen LogP contribution in [0.15, 0.2) is 42.5 Å². The van der Waals surface area contributed by atoms with Crippen LogP contribution in [0.1, 0.15) is 30.9 Å². The second-order valence-electron chi connectivity index (χ2n) is 8.06. The molecule has 186 valence electrons. The van der Waals surface area contributed by atoms with Gasteiger partial charge in [0.1, 0.15) is 11.8 Å². The Kier molecular flexibility index (Phi) is 9.76. The van der Waals surface area contributed by atoms with Crippen LogP contribution in [0.2, 0.25) is 5.02 Å². The molecule has 1 N–H and O–H groups in total. The van der Waals surface area contributed by atoms with Crippen LogP contribution in [-0.2, 0) is 26.2 Å². The fraction of sp³-hybridized carbons (Fsp3) is 0.417. The Balaban J connectivity index is 2.17. The smallest absolute Gasteiger partial charge is 0.242 e. The SMILES string of the molecule is CNC(=O)C(C)N(Cc1cccc(C)c1)C(=O)CCCN(c1ccc(OC)c(Cl)c1)S(C)(=O)=O. The van der Waals surface area contributed by atoms with Gasteiger partial charge in [-0.25, -0.2) is 8.42 Å². The van der Waals surface area contributed by atoms with Crippen molar-refractivity contribution in [2.24, 2.45) is 0 Å². The third-order valence-electron chi connectivity index (χ3n) is 5.42. The molecule has 2 aromatic rings. The van der Waals surface area contributed by atoms with Gasteiger partial charge in [-0.3, -0.25) is 13.9 Å². The lowest BCUT2D eigenvalue weighted by Gasteiger charge is -2.29. The first kappa shape index (κ1) is 27.5. The molecule has 0 fully saturated rings. The molecule has 0 spiro atoms. The Morgan fingerprint density at radius 3 is 2.44 bits per heavy atom. The number of benzene rings is 2. The average Bonchev–Trinajstić information content (AvgIpc) is 2.78. The summed E-state index contributed by atoms with van der Waals surface area (Å²) >= 11 is 6.17. The van der Waals surface area contributed by atoms with E-state index >= 15 is 0 Å². The number of halogens is 1. The lowest BCUT2D eigenvalue weighted by molar-refractivity contribution is -0.140. The molecule has 0 saturated heterocycles. The van der Waals surface area contributed by atoms with Crippen molar-refractivity contribution in [1.82, 2.24) is 10.2 Å². The molecule has 0 aliphatic carbocycles. The second-order valence-corrected chi connectivity index (χ2v) is 10.4. The minimum Gasteiger partial charge on any atom is -0.495 e. The lowest BCUT2D eigenvalue weighted by Crippen LogP contribution is -2.46. The van der Waals surface area contributed by atoms with Gasteiger partial charge in [0, 0.05) is 26.6 Å². The molecule has 8 nitrogen and oxygen atoms in total. The molecule has 0 aliphatic heterocycles. The maximum Gasteiger partial charge on any atom is 0.242 e. The summed E-state index contributed by atoms with van der Waals surface area (Å²) in [7, 11) is -0.613. The van der Waals surface area contributed by atoms with Crippen molar-refractivity contribution in [2.45, 2.75) is 39.3 Å².